The second-order valence-electron chi connectivity index (χ2n) is 5.62. The highest BCUT2D eigenvalue weighted by molar-refractivity contribution is 5.78. The Morgan fingerprint density at radius 1 is 1.39 bits per heavy atom. The first-order valence-electron chi connectivity index (χ1n) is 7.39. The number of ether oxygens (including phenoxy) is 2. The fourth-order valence-corrected chi connectivity index (χ4v) is 2.57. The number of amides is 1. The van der Waals surface area contributed by atoms with Gasteiger partial charge in [0.1, 0.15) is 6.10 Å². The van der Waals surface area contributed by atoms with Gasteiger partial charge in [0.15, 0.2) is 0 Å². The van der Waals surface area contributed by atoms with E-state index in [1.165, 1.54) is 19.2 Å². The molecule has 4 nitrogen and oxygen atoms in total. The lowest BCUT2D eigenvalue weighted by molar-refractivity contribution is -0.144. The molecule has 0 aliphatic carbocycles. The van der Waals surface area contributed by atoms with E-state index >= 15 is 0 Å². The molecule has 1 heterocycles. The van der Waals surface area contributed by atoms with E-state index in [0.29, 0.717) is 31.9 Å². The lowest BCUT2D eigenvalue weighted by Crippen LogP contribution is -2.45. The van der Waals surface area contributed by atoms with Gasteiger partial charge in [-0.2, -0.15) is 13.2 Å². The third-order valence-electron chi connectivity index (χ3n) is 3.83. The van der Waals surface area contributed by atoms with Crippen LogP contribution in [-0.2, 0) is 20.4 Å². The first-order chi connectivity index (χ1) is 10.8. The van der Waals surface area contributed by atoms with Crippen molar-refractivity contribution in [2.24, 2.45) is 5.92 Å². The number of hydrogen-bond donors (Lipinski definition) is 0. The van der Waals surface area contributed by atoms with Gasteiger partial charge in [-0.15, -0.1) is 0 Å². The zero-order valence-corrected chi connectivity index (χ0v) is 13.1. The van der Waals surface area contributed by atoms with Crippen LogP contribution >= 0.6 is 0 Å². The molecule has 1 aromatic carbocycles. The summed E-state index contributed by atoms with van der Waals surface area (Å²) in [4.78, 5) is 14.0. The molecule has 1 aromatic rings. The van der Waals surface area contributed by atoms with E-state index in [1.54, 1.807) is 11.8 Å². The fraction of sp³-hybridized carbons (Fsp3) is 0.562. The first kappa shape index (κ1) is 17.7. The molecule has 1 aliphatic heterocycles. The number of carbonyl (C=O) groups excluding carboxylic acids is 1. The normalized spacial score (nSPS) is 20.4. The fourth-order valence-electron chi connectivity index (χ4n) is 2.57. The first-order valence-corrected chi connectivity index (χ1v) is 7.39. The minimum atomic E-state index is -4.36. The Labute approximate surface area is 133 Å². The highest BCUT2D eigenvalue weighted by atomic mass is 19.4. The summed E-state index contributed by atoms with van der Waals surface area (Å²) >= 11 is 0. The van der Waals surface area contributed by atoms with E-state index < -0.39 is 17.8 Å². The number of methoxy groups -OCH3 is 1. The van der Waals surface area contributed by atoms with Gasteiger partial charge in [-0.3, -0.25) is 4.79 Å². The zero-order chi connectivity index (χ0) is 17.0. The lowest BCUT2D eigenvalue weighted by atomic mass is 10.0. The van der Waals surface area contributed by atoms with Gasteiger partial charge < -0.3 is 14.4 Å². The summed E-state index contributed by atoms with van der Waals surface area (Å²) in [5.74, 6) is -0.293. The number of nitrogens with zero attached hydrogens (tertiary/aromatic N) is 1. The molecule has 0 unspecified atom stereocenters. The Morgan fingerprint density at radius 3 is 2.61 bits per heavy atom. The van der Waals surface area contributed by atoms with Crippen LogP contribution in [-0.4, -0.2) is 44.2 Å². The maximum absolute atomic E-state index is 12.6. The van der Waals surface area contributed by atoms with Gasteiger partial charge >= 0.3 is 6.18 Å². The molecule has 0 N–H and O–H groups in total. The number of alkyl halides is 3. The summed E-state index contributed by atoms with van der Waals surface area (Å²) in [6, 6.07) is 4.88. The smallest absolute Gasteiger partial charge is 0.384 e. The third-order valence-corrected chi connectivity index (χ3v) is 3.83. The minimum absolute atomic E-state index is 0.0351. The Hall–Kier alpha value is -1.60. The Balaban J connectivity index is 2.05. The summed E-state index contributed by atoms with van der Waals surface area (Å²) in [6.45, 7) is 3.29. The molecular weight excluding hydrogens is 311 g/mol. The average molecular weight is 331 g/mol. The lowest BCUT2D eigenvalue weighted by Gasteiger charge is -2.34. The van der Waals surface area contributed by atoms with Crippen molar-refractivity contribution < 1.29 is 27.4 Å². The molecule has 1 amide bonds. The monoisotopic (exact) mass is 331 g/mol. The highest BCUT2D eigenvalue weighted by Crippen LogP contribution is 2.31. The molecule has 1 aliphatic rings. The van der Waals surface area contributed by atoms with E-state index in [-0.39, 0.29) is 11.8 Å². The van der Waals surface area contributed by atoms with Crippen molar-refractivity contribution >= 4 is 5.91 Å². The molecule has 2 rings (SSSR count). The summed E-state index contributed by atoms with van der Waals surface area (Å²) in [7, 11) is 1.54. The standard InChI is InChI=1S/C16H20F3NO3/c1-11(10-22-2)15(21)20-7-8-23-14(9-20)12-3-5-13(6-4-12)16(17,18)19/h3-6,11,14H,7-10H2,1-2H3/t11-,14+/m1/s1. The number of hydrogen-bond acceptors (Lipinski definition) is 3. The molecule has 0 radical (unpaired) electrons. The van der Waals surface area contributed by atoms with Gasteiger partial charge in [0.05, 0.1) is 31.2 Å². The maximum Gasteiger partial charge on any atom is 0.416 e. The van der Waals surface area contributed by atoms with Crippen LogP contribution in [0.1, 0.15) is 24.2 Å². The Morgan fingerprint density at radius 2 is 2.04 bits per heavy atom. The number of rotatable bonds is 4. The average Bonchev–Trinajstić information content (AvgIpc) is 2.54. The minimum Gasteiger partial charge on any atom is -0.384 e. The third kappa shape index (κ3) is 4.45. The van der Waals surface area contributed by atoms with Crippen molar-refractivity contribution in [1.29, 1.82) is 0 Å². The van der Waals surface area contributed by atoms with Crippen LogP contribution in [0, 0.1) is 5.92 Å². The van der Waals surface area contributed by atoms with Crippen molar-refractivity contribution in [3.63, 3.8) is 0 Å². The van der Waals surface area contributed by atoms with Gasteiger partial charge in [-0.05, 0) is 17.7 Å². The van der Waals surface area contributed by atoms with Crippen LogP contribution in [0.5, 0.6) is 0 Å². The van der Waals surface area contributed by atoms with Crippen LogP contribution in [0.2, 0.25) is 0 Å². The molecule has 0 aromatic heterocycles. The second kappa shape index (κ2) is 7.31. The van der Waals surface area contributed by atoms with Gasteiger partial charge in [-0.1, -0.05) is 19.1 Å². The van der Waals surface area contributed by atoms with Gasteiger partial charge in [0, 0.05) is 13.7 Å². The van der Waals surface area contributed by atoms with E-state index in [9.17, 15) is 18.0 Å². The largest absolute Gasteiger partial charge is 0.416 e. The second-order valence-corrected chi connectivity index (χ2v) is 5.62. The van der Waals surface area contributed by atoms with Crippen LogP contribution in [0.25, 0.3) is 0 Å². The summed E-state index contributed by atoms with van der Waals surface area (Å²) in [6.07, 6.45) is -4.77. The topological polar surface area (TPSA) is 38.8 Å². The van der Waals surface area contributed by atoms with Crippen LogP contribution in [0.4, 0.5) is 13.2 Å². The van der Waals surface area contributed by atoms with E-state index in [2.05, 4.69) is 0 Å². The molecular formula is C16H20F3NO3. The van der Waals surface area contributed by atoms with E-state index in [4.69, 9.17) is 9.47 Å². The Kier molecular flexibility index (Phi) is 5.64. The molecule has 23 heavy (non-hydrogen) atoms. The summed E-state index contributed by atoms with van der Waals surface area (Å²) < 4.78 is 48.4. The van der Waals surface area contributed by atoms with Crippen molar-refractivity contribution in [3.8, 4) is 0 Å². The Bertz CT molecular complexity index is 530. The molecule has 1 fully saturated rings. The molecule has 0 bridgehead atoms. The molecule has 0 spiro atoms. The van der Waals surface area contributed by atoms with Gasteiger partial charge in [0.25, 0.3) is 0 Å². The quantitative estimate of drug-likeness (QED) is 0.852. The van der Waals surface area contributed by atoms with Crippen molar-refractivity contribution in [3.05, 3.63) is 35.4 Å². The highest BCUT2D eigenvalue weighted by Gasteiger charge is 2.31. The zero-order valence-electron chi connectivity index (χ0n) is 13.1. The van der Waals surface area contributed by atoms with Gasteiger partial charge in [-0.25, -0.2) is 0 Å². The SMILES string of the molecule is COC[C@@H](C)C(=O)N1CCO[C@H](c2ccc(C(F)(F)F)cc2)C1. The van der Waals surface area contributed by atoms with Crippen molar-refractivity contribution in [2.45, 2.75) is 19.2 Å². The molecule has 128 valence electrons. The summed E-state index contributed by atoms with van der Waals surface area (Å²) in [5, 5.41) is 0. The van der Waals surface area contributed by atoms with Crippen LogP contribution < -0.4 is 0 Å². The van der Waals surface area contributed by atoms with Crippen LogP contribution in [0.15, 0.2) is 24.3 Å². The predicted octanol–water partition coefficient (Wildman–Crippen LogP) is 2.89. The van der Waals surface area contributed by atoms with Crippen molar-refractivity contribution in [2.75, 3.05) is 33.4 Å². The number of morpholine rings is 1. The van der Waals surface area contributed by atoms with Crippen molar-refractivity contribution in [1.82, 2.24) is 4.90 Å². The predicted molar refractivity (Wildman–Crippen MR) is 77.8 cm³/mol. The molecule has 1 saturated heterocycles. The summed E-state index contributed by atoms with van der Waals surface area (Å²) in [5.41, 5.74) is -0.0615. The van der Waals surface area contributed by atoms with Gasteiger partial charge in [0.2, 0.25) is 5.91 Å². The van der Waals surface area contributed by atoms with Crippen LogP contribution in [0.3, 0.4) is 0 Å². The number of benzene rings is 1. The number of carbonyl (C=O) groups is 1. The molecule has 2 atom stereocenters. The van der Waals surface area contributed by atoms with E-state index in [0.717, 1.165) is 12.1 Å². The number of halogens is 3. The molecule has 7 heteroatoms. The maximum atomic E-state index is 12.6. The van der Waals surface area contributed by atoms with E-state index in [1.807, 2.05) is 0 Å². The molecule has 0 saturated carbocycles.